The number of halogens is 1. The maximum atomic E-state index is 13.1. The number of carboxylic acids is 1. The number of rotatable bonds is 6. The van der Waals surface area contributed by atoms with E-state index in [1.165, 1.54) is 24.3 Å². The van der Waals surface area contributed by atoms with E-state index in [0.29, 0.717) is 11.3 Å². The van der Waals surface area contributed by atoms with E-state index in [1.54, 1.807) is 17.4 Å². The lowest BCUT2D eigenvalue weighted by molar-refractivity contribution is -0.137. The van der Waals surface area contributed by atoms with Crippen LogP contribution in [0.1, 0.15) is 33.4 Å². The van der Waals surface area contributed by atoms with Crippen molar-refractivity contribution < 1.29 is 19.1 Å². The minimum atomic E-state index is -1.07. The smallest absolute Gasteiger partial charge is 0.305 e. The number of thiophene rings is 1. The minimum Gasteiger partial charge on any atom is -0.481 e. The Morgan fingerprint density at radius 2 is 2.00 bits per heavy atom. The van der Waals surface area contributed by atoms with E-state index in [9.17, 15) is 14.0 Å². The number of hydrogen-bond acceptors (Lipinski definition) is 4. The van der Waals surface area contributed by atoms with E-state index in [2.05, 4.69) is 15.5 Å². The number of carbonyl (C=O) groups is 2. The van der Waals surface area contributed by atoms with Crippen molar-refractivity contribution in [2.24, 2.45) is 0 Å². The fourth-order valence-electron chi connectivity index (χ4n) is 2.50. The standard InChI is InChI=1S/C18H16FN3O3S/c1-10-2-7-16(26-10)14-8-15(22-21-14)18(25)20-13(9-17(23)24)11-3-5-12(19)6-4-11/h2-8,13H,9H2,1H3,(H,20,25)(H,21,22)(H,23,24)/t13-/m1/s1. The van der Waals surface area contributed by atoms with Gasteiger partial charge >= 0.3 is 5.97 Å². The fraction of sp³-hybridized carbons (Fsp3) is 0.167. The number of aromatic amines is 1. The summed E-state index contributed by atoms with van der Waals surface area (Å²) >= 11 is 1.57. The average molecular weight is 373 g/mol. The Bertz CT molecular complexity index is 933. The Balaban J connectivity index is 1.78. The Kier molecular flexibility index (Phi) is 5.13. The first-order valence-electron chi connectivity index (χ1n) is 7.82. The van der Waals surface area contributed by atoms with Crippen LogP contribution in [0.3, 0.4) is 0 Å². The first-order valence-corrected chi connectivity index (χ1v) is 8.64. The fourth-order valence-corrected chi connectivity index (χ4v) is 3.33. The number of hydrogen-bond donors (Lipinski definition) is 3. The molecule has 0 saturated heterocycles. The number of aromatic nitrogens is 2. The van der Waals surface area contributed by atoms with Gasteiger partial charge in [-0.05, 0) is 42.8 Å². The van der Waals surface area contributed by atoms with Crippen LogP contribution < -0.4 is 5.32 Å². The molecule has 1 amide bonds. The van der Waals surface area contributed by atoms with Crippen LogP contribution in [0.4, 0.5) is 4.39 Å². The second-order valence-electron chi connectivity index (χ2n) is 5.75. The molecule has 0 unspecified atom stereocenters. The molecule has 6 nitrogen and oxygen atoms in total. The number of nitrogens with one attached hydrogen (secondary N) is 2. The number of carbonyl (C=O) groups excluding carboxylic acids is 1. The molecule has 2 heterocycles. The highest BCUT2D eigenvalue weighted by atomic mass is 32.1. The molecule has 3 N–H and O–H groups in total. The second kappa shape index (κ2) is 7.49. The van der Waals surface area contributed by atoms with Crippen molar-refractivity contribution in [2.75, 3.05) is 0 Å². The molecule has 26 heavy (non-hydrogen) atoms. The Morgan fingerprint density at radius 3 is 2.62 bits per heavy atom. The zero-order valence-electron chi connectivity index (χ0n) is 13.8. The Morgan fingerprint density at radius 1 is 1.27 bits per heavy atom. The van der Waals surface area contributed by atoms with Gasteiger partial charge in [-0.2, -0.15) is 5.10 Å². The van der Waals surface area contributed by atoms with Gasteiger partial charge < -0.3 is 10.4 Å². The van der Waals surface area contributed by atoms with Gasteiger partial charge in [0.2, 0.25) is 0 Å². The molecule has 0 radical (unpaired) electrons. The average Bonchev–Trinajstić information content (AvgIpc) is 3.23. The van der Waals surface area contributed by atoms with Crippen molar-refractivity contribution in [3.8, 4) is 10.6 Å². The lowest BCUT2D eigenvalue weighted by atomic mass is 10.0. The molecule has 0 bridgehead atoms. The largest absolute Gasteiger partial charge is 0.481 e. The number of H-pyrrole nitrogens is 1. The van der Waals surface area contributed by atoms with E-state index in [-0.39, 0.29) is 12.1 Å². The molecule has 2 aromatic heterocycles. The first-order chi connectivity index (χ1) is 12.4. The molecule has 8 heteroatoms. The summed E-state index contributed by atoms with van der Waals surface area (Å²) in [6.07, 6.45) is -0.321. The number of benzene rings is 1. The number of nitrogens with zero attached hydrogens (tertiary/aromatic N) is 1. The lowest BCUT2D eigenvalue weighted by Crippen LogP contribution is -2.30. The molecule has 1 aromatic carbocycles. The maximum Gasteiger partial charge on any atom is 0.305 e. The number of amides is 1. The maximum absolute atomic E-state index is 13.1. The normalized spacial score (nSPS) is 11.9. The third kappa shape index (κ3) is 4.15. The summed E-state index contributed by atoms with van der Waals surface area (Å²) < 4.78 is 13.1. The van der Waals surface area contributed by atoms with E-state index in [0.717, 1.165) is 9.75 Å². The zero-order valence-corrected chi connectivity index (χ0v) is 14.6. The lowest BCUT2D eigenvalue weighted by Gasteiger charge is -2.16. The summed E-state index contributed by atoms with van der Waals surface area (Å²) in [5, 5.41) is 18.6. The molecule has 3 rings (SSSR count). The van der Waals surface area contributed by atoms with E-state index < -0.39 is 23.7 Å². The van der Waals surface area contributed by atoms with Crippen molar-refractivity contribution in [2.45, 2.75) is 19.4 Å². The summed E-state index contributed by atoms with van der Waals surface area (Å²) in [5.41, 5.74) is 1.38. The first kappa shape index (κ1) is 17.8. The van der Waals surface area contributed by atoms with Gasteiger partial charge in [-0.15, -0.1) is 11.3 Å². The van der Waals surface area contributed by atoms with Crippen molar-refractivity contribution in [1.29, 1.82) is 0 Å². The van der Waals surface area contributed by atoms with Gasteiger partial charge in [0.15, 0.2) is 5.69 Å². The van der Waals surface area contributed by atoms with Gasteiger partial charge in [0.25, 0.3) is 5.91 Å². The molecule has 3 aromatic rings. The SMILES string of the molecule is Cc1ccc(-c2cc(C(=O)N[C@H](CC(=O)O)c3ccc(F)cc3)n[nH]2)s1. The van der Waals surface area contributed by atoms with Crippen LogP contribution in [0, 0.1) is 12.7 Å². The molecule has 0 aliphatic rings. The van der Waals surface area contributed by atoms with Gasteiger partial charge in [-0.1, -0.05) is 12.1 Å². The summed E-state index contributed by atoms with van der Waals surface area (Å²) in [5.74, 6) is -2.01. The molecule has 0 fully saturated rings. The van der Waals surface area contributed by atoms with E-state index >= 15 is 0 Å². The van der Waals surface area contributed by atoms with Crippen molar-refractivity contribution in [3.05, 3.63) is 64.4 Å². The van der Waals surface area contributed by atoms with Crippen LogP contribution in [-0.2, 0) is 4.79 Å². The van der Waals surface area contributed by atoms with Crippen LogP contribution in [-0.4, -0.2) is 27.2 Å². The molecule has 0 aliphatic carbocycles. The molecule has 1 atom stereocenters. The van der Waals surface area contributed by atoms with Gasteiger partial charge in [0, 0.05) is 4.88 Å². The zero-order chi connectivity index (χ0) is 18.7. The second-order valence-corrected chi connectivity index (χ2v) is 7.04. The van der Waals surface area contributed by atoms with Gasteiger partial charge in [-0.3, -0.25) is 14.7 Å². The van der Waals surface area contributed by atoms with Crippen molar-refractivity contribution >= 4 is 23.2 Å². The number of aliphatic carboxylic acids is 1. The molecule has 0 aliphatic heterocycles. The minimum absolute atomic E-state index is 0.156. The van der Waals surface area contributed by atoms with Crippen molar-refractivity contribution in [3.63, 3.8) is 0 Å². The van der Waals surface area contributed by atoms with Gasteiger partial charge in [0.05, 0.1) is 23.0 Å². The summed E-state index contributed by atoms with van der Waals surface area (Å²) in [4.78, 5) is 25.7. The van der Waals surface area contributed by atoms with Crippen LogP contribution in [0.5, 0.6) is 0 Å². The van der Waals surface area contributed by atoms with E-state index in [1.807, 2.05) is 19.1 Å². The highest BCUT2D eigenvalue weighted by molar-refractivity contribution is 7.15. The Hall–Kier alpha value is -3.00. The summed E-state index contributed by atoms with van der Waals surface area (Å²) in [6.45, 7) is 1.98. The topological polar surface area (TPSA) is 95.1 Å². The Labute approximate surface area is 152 Å². The highest BCUT2D eigenvalue weighted by Gasteiger charge is 2.21. The highest BCUT2D eigenvalue weighted by Crippen LogP contribution is 2.26. The predicted octanol–water partition coefficient (Wildman–Crippen LogP) is 3.53. The monoisotopic (exact) mass is 373 g/mol. The van der Waals surface area contributed by atoms with E-state index in [4.69, 9.17) is 5.11 Å². The summed E-state index contributed by atoms with van der Waals surface area (Å²) in [6, 6.07) is 10.1. The van der Waals surface area contributed by atoms with Crippen LogP contribution >= 0.6 is 11.3 Å². The number of aryl methyl sites for hydroxylation is 1. The molecular weight excluding hydrogens is 357 g/mol. The van der Waals surface area contributed by atoms with Crippen LogP contribution in [0.2, 0.25) is 0 Å². The molecule has 0 spiro atoms. The third-order valence-corrected chi connectivity index (χ3v) is 4.81. The number of carboxylic acid groups (broad SMARTS) is 1. The van der Waals surface area contributed by atoms with Crippen LogP contribution in [0.25, 0.3) is 10.6 Å². The molecule has 0 saturated carbocycles. The molecular formula is C18H16FN3O3S. The van der Waals surface area contributed by atoms with Gasteiger partial charge in [0.1, 0.15) is 5.82 Å². The van der Waals surface area contributed by atoms with Gasteiger partial charge in [-0.25, -0.2) is 4.39 Å². The molecule has 134 valence electrons. The van der Waals surface area contributed by atoms with Crippen LogP contribution in [0.15, 0.2) is 42.5 Å². The third-order valence-electron chi connectivity index (χ3n) is 3.77. The predicted molar refractivity (Wildman–Crippen MR) is 95.5 cm³/mol. The summed E-state index contributed by atoms with van der Waals surface area (Å²) in [7, 11) is 0. The quantitative estimate of drug-likeness (QED) is 0.616. The van der Waals surface area contributed by atoms with Crippen molar-refractivity contribution in [1.82, 2.24) is 15.5 Å².